The lowest BCUT2D eigenvalue weighted by molar-refractivity contribution is -0.0141. The Bertz CT molecular complexity index is 809. The van der Waals surface area contributed by atoms with E-state index in [1.807, 2.05) is 29.8 Å². The van der Waals surface area contributed by atoms with Gasteiger partial charge in [0.05, 0.1) is 31.1 Å². The molecule has 7 nitrogen and oxygen atoms in total. The molecule has 0 radical (unpaired) electrons. The van der Waals surface area contributed by atoms with E-state index in [4.69, 9.17) is 4.74 Å². The van der Waals surface area contributed by atoms with E-state index in [9.17, 15) is 0 Å². The molecule has 0 aliphatic carbocycles. The first-order chi connectivity index (χ1) is 11.2. The first-order valence-corrected chi connectivity index (χ1v) is 7.84. The maximum absolute atomic E-state index is 5.66. The molecule has 1 N–H and O–H groups in total. The van der Waals surface area contributed by atoms with E-state index in [-0.39, 0.29) is 6.04 Å². The number of aromatic nitrogens is 5. The van der Waals surface area contributed by atoms with Crippen LogP contribution in [0.15, 0.2) is 24.5 Å². The number of hydrogen-bond acceptors (Lipinski definition) is 5. The zero-order valence-electron chi connectivity index (χ0n) is 13.4. The van der Waals surface area contributed by atoms with Crippen LogP contribution in [0.4, 0.5) is 0 Å². The summed E-state index contributed by atoms with van der Waals surface area (Å²) in [5, 5.41) is 11.6. The highest BCUT2D eigenvalue weighted by atomic mass is 16.5. The van der Waals surface area contributed by atoms with Crippen LogP contribution in [0.25, 0.3) is 5.65 Å². The Kier molecular flexibility index (Phi) is 3.59. The Morgan fingerprint density at radius 2 is 2.30 bits per heavy atom. The fourth-order valence-electron chi connectivity index (χ4n) is 3.21. The van der Waals surface area contributed by atoms with Crippen molar-refractivity contribution < 1.29 is 4.74 Å². The predicted octanol–water partition coefficient (Wildman–Crippen LogP) is 1.64. The molecular weight excluding hydrogens is 292 g/mol. The highest BCUT2D eigenvalue weighted by Gasteiger charge is 2.26. The van der Waals surface area contributed by atoms with Gasteiger partial charge in [0.15, 0.2) is 5.65 Å². The predicted molar refractivity (Wildman–Crippen MR) is 85.0 cm³/mol. The van der Waals surface area contributed by atoms with Crippen molar-refractivity contribution in [3.05, 3.63) is 47.2 Å². The average molecular weight is 312 g/mol. The van der Waals surface area contributed by atoms with Crippen molar-refractivity contribution in [1.29, 1.82) is 0 Å². The summed E-state index contributed by atoms with van der Waals surface area (Å²) < 4.78 is 7.57. The number of aryl methyl sites for hydroxylation is 2. The molecule has 0 unspecified atom stereocenters. The fourth-order valence-corrected chi connectivity index (χ4v) is 3.21. The van der Waals surface area contributed by atoms with Crippen LogP contribution >= 0.6 is 0 Å². The highest BCUT2D eigenvalue weighted by Crippen LogP contribution is 2.25. The van der Waals surface area contributed by atoms with E-state index in [1.54, 1.807) is 6.20 Å². The van der Waals surface area contributed by atoms with Crippen LogP contribution in [0.2, 0.25) is 0 Å². The lowest BCUT2D eigenvalue weighted by Crippen LogP contribution is -2.39. The molecule has 0 bridgehead atoms. The largest absolute Gasteiger partial charge is 0.378 e. The molecule has 1 atom stereocenters. The van der Waals surface area contributed by atoms with Gasteiger partial charge in [0.2, 0.25) is 0 Å². The number of nitrogens with zero attached hydrogens (tertiary/aromatic N) is 5. The maximum atomic E-state index is 5.66. The molecule has 1 aliphatic heterocycles. The molecule has 4 rings (SSSR count). The molecule has 0 spiro atoms. The van der Waals surface area contributed by atoms with Gasteiger partial charge in [-0.15, -0.1) is 0 Å². The number of ether oxygens (including phenoxy) is 1. The van der Waals surface area contributed by atoms with Crippen LogP contribution in [0.3, 0.4) is 0 Å². The first-order valence-electron chi connectivity index (χ1n) is 7.84. The molecule has 3 aromatic heterocycles. The van der Waals surface area contributed by atoms with E-state index < -0.39 is 0 Å². The van der Waals surface area contributed by atoms with Gasteiger partial charge in [0.1, 0.15) is 0 Å². The molecular formula is C16H20N6O. The van der Waals surface area contributed by atoms with Gasteiger partial charge in [-0.05, 0) is 26.0 Å². The second-order valence-corrected chi connectivity index (χ2v) is 6.02. The summed E-state index contributed by atoms with van der Waals surface area (Å²) in [6.45, 7) is 7.17. The molecule has 7 heteroatoms. The Morgan fingerprint density at radius 1 is 1.39 bits per heavy atom. The van der Waals surface area contributed by atoms with Gasteiger partial charge >= 0.3 is 0 Å². The molecule has 23 heavy (non-hydrogen) atoms. The van der Waals surface area contributed by atoms with Crippen molar-refractivity contribution in [3.8, 4) is 0 Å². The van der Waals surface area contributed by atoms with Gasteiger partial charge in [-0.2, -0.15) is 10.2 Å². The van der Waals surface area contributed by atoms with Crippen molar-refractivity contribution in [2.24, 2.45) is 0 Å². The number of aromatic amines is 1. The second kappa shape index (κ2) is 5.75. The molecule has 0 amide bonds. The molecule has 1 saturated heterocycles. The number of fused-ring (bicyclic) bond motifs is 1. The van der Waals surface area contributed by atoms with Gasteiger partial charge in [-0.1, -0.05) is 0 Å². The van der Waals surface area contributed by atoms with Gasteiger partial charge < -0.3 is 4.74 Å². The maximum Gasteiger partial charge on any atom is 0.159 e. The minimum absolute atomic E-state index is 0.187. The summed E-state index contributed by atoms with van der Waals surface area (Å²) in [5.41, 5.74) is 5.29. The Balaban J connectivity index is 1.66. The topological polar surface area (TPSA) is 71.3 Å². The normalized spacial score (nSPS) is 19.5. The van der Waals surface area contributed by atoms with E-state index in [1.165, 1.54) is 0 Å². The van der Waals surface area contributed by atoms with Crippen LogP contribution in [0.5, 0.6) is 0 Å². The van der Waals surface area contributed by atoms with Gasteiger partial charge in [-0.25, -0.2) is 9.50 Å². The minimum Gasteiger partial charge on any atom is -0.378 e. The second-order valence-electron chi connectivity index (χ2n) is 6.02. The highest BCUT2D eigenvalue weighted by molar-refractivity contribution is 5.48. The molecule has 1 fully saturated rings. The number of morpholine rings is 1. The van der Waals surface area contributed by atoms with E-state index in [0.717, 1.165) is 48.0 Å². The SMILES string of the molecule is Cc1cc(C)n2ncc(CN3CCOC[C@@H]3c3ccn[nH]3)c2n1. The third-order valence-corrected chi connectivity index (χ3v) is 4.35. The molecule has 0 aromatic carbocycles. The van der Waals surface area contributed by atoms with Crippen molar-refractivity contribution >= 4 is 5.65 Å². The van der Waals surface area contributed by atoms with Gasteiger partial charge in [-0.3, -0.25) is 10.00 Å². The smallest absolute Gasteiger partial charge is 0.159 e. The van der Waals surface area contributed by atoms with Crippen molar-refractivity contribution in [3.63, 3.8) is 0 Å². The molecule has 4 heterocycles. The van der Waals surface area contributed by atoms with Crippen LogP contribution < -0.4 is 0 Å². The lowest BCUT2D eigenvalue weighted by atomic mass is 10.1. The number of rotatable bonds is 3. The summed E-state index contributed by atoms with van der Waals surface area (Å²) >= 11 is 0. The van der Waals surface area contributed by atoms with Gasteiger partial charge in [0.25, 0.3) is 0 Å². The van der Waals surface area contributed by atoms with E-state index in [0.29, 0.717) is 6.61 Å². The average Bonchev–Trinajstić information content (AvgIpc) is 3.18. The number of hydrogen-bond donors (Lipinski definition) is 1. The van der Waals surface area contributed by atoms with E-state index >= 15 is 0 Å². The molecule has 0 saturated carbocycles. The Hall–Kier alpha value is -2.25. The Morgan fingerprint density at radius 3 is 3.13 bits per heavy atom. The van der Waals surface area contributed by atoms with Crippen LogP contribution in [0.1, 0.15) is 28.7 Å². The molecule has 1 aliphatic rings. The van der Waals surface area contributed by atoms with Crippen LogP contribution in [-0.2, 0) is 11.3 Å². The van der Waals surface area contributed by atoms with Crippen LogP contribution in [0, 0.1) is 13.8 Å². The van der Waals surface area contributed by atoms with E-state index in [2.05, 4.69) is 32.1 Å². The van der Waals surface area contributed by atoms with Crippen molar-refractivity contribution in [1.82, 2.24) is 29.7 Å². The summed E-state index contributed by atoms with van der Waals surface area (Å²) in [4.78, 5) is 7.07. The van der Waals surface area contributed by atoms with Crippen LogP contribution in [-0.4, -0.2) is 49.5 Å². The third-order valence-electron chi connectivity index (χ3n) is 4.35. The third kappa shape index (κ3) is 2.62. The standard InChI is InChI=1S/C16H20N6O/c1-11-7-12(2)22-16(19-11)13(8-18-22)9-21-5-6-23-10-15(21)14-3-4-17-20-14/h3-4,7-8,15H,5-6,9-10H2,1-2H3,(H,17,20)/t15-/m1/s1. The summed E-state index contributed by atoms with van der Waals surface area (Å²) in [7, 11) is 0. The summed E-state index contributed by atoms with van der Waals surface area (Å²) in [5.74, 6) is 0. The minimum atomic E-state index is 0.187. The number of nitrogens with one attached hydrogen (secondary N) is 1. The number of H-pyrrole nitrogens is 1. The summed E-state index contributed by atoms with van der Waals surface area (Å²) in [6.07, 6.45) is 3.71. The first kappa shape index (κ1) is 14.3. The van der Waals surface area contributed by atoms with Crippen molar-refractivity contribution in [2.75, 3.05) is 19.8 Å². The Labute approximate surface area is 134 Å². The summed E-state index contributed by atoms with van der Waals surface area (Å²) in [6, 6.07) is 4.24. The quantitative estimate of drug-likeness (QED) is 0.796. The van der Waals surface area contributed by atoms with Crippen molar-refractivity contribution in [2.45, 2.75) is 26.4 Å². The van der Waals surface area contributed by atoms with Gasteiger partial charge in [0, 0.05) is 36.2 Å². The fraction of sp³-hybridized carbons (Fsp3) is 0.438. The zero-order chi connectivity index (χ0) is 15.8. The lowest BCUT2D eigenvalue weighted by Gasteiger charge is -2.34. The molecule has 3 aromatic rings. The monoisotopic (exact) mass is 312 g/mol. The zero-order valence-corrected chi connectivity index (χ0v) is 13.4. The molecule has 120 valence electrons.